The number of carbonyl (C=O) groups is 1. The zero-order valence-corrected chi connectivity index (χ0v) is 15.9. The quantitative estimate of drug-likeness (QED) is 0.448. The minimum atomic E-state index is -0.583. The summed E-state index contributed by atoms with van der Waals surface area (Å²) in [5, 5.41) is 14.3. The van der Waals surface area contributed by atoms with Gasteiger partial charge in [0.2, 0.25) is 0 Å². The Hall–Kier alpha value is -3.32. The molecule has 0 unspecified atom stereocenters. The summed E-state index contributed by atoms with van der Waals surface area (Å²) < 4.78 is 11.1. The van der Waals surface area contributed by atoms with Crippen molar-refractivity contribution in [3.8, 4) is 5.75 Å². The number of ether oxygens (including phenoxy) is 1. The van der Waals surface area contributed by atoms with Crippen LogP contribution in [0.25, 0.3) is 0 Å². The monoisotopic (exact) mass is 400 g/mol. The number of furan rings is 1. The van der Waals surface area contributed by atoms with Crippen molar-refractivity contribution in [2.45, 2.75) is 20.5 Å². The van der Waals surface area contributed by atoms with Crippen LogP contribution in [-0.2, 0) is 6.61 Å². The summed E-state index contributed by atoms with van der Waals surface area (Å²) in [5.74, 6) is 0.511. The highest BCUT2D eigenvalue weighted by Gasteiger charge is 2.19. The molecule has 8 heteroatoms. The molecule has 1 N–H and O–H groups in total. The number of hydrogen-bond donors (Lipinski definition) is 1. The van der Waals surface area contributed by atoms with Crippen LogP contribution in [0.2, 0.25) is 5.02 Å². The van der Waals surface area contributed by atoms with Gasteiger partial charge in [0.25, 0.3) is 11.6 Å². The van der Waals surface area contributed by atoms with Crippen LogP contribution in [0.1, 0.15) is 27.4 Å². The van der Waals surface area contributed by atoms with Gasteiger partial charge in [0.15, 0.2) is 5.76 Å². The number of amides is 1. The Morgan fingerprint density at radius 2 is 1.96 bits per heavy atom. The van der Waals surface area contributed by atoms with Crippen molar-refractivity contribution in [2.75, 3.05) is 5.32 Å². The SMILES string of the molecule is Cc1ccc(NC(=O)c2ccc(COc3ccc(Cl)c(C)c3)o2)c([N+](=O)[O-])c1. The highest BCUT2D eigenvalue weighted by atomic mass is 35.5. The largest absolute Gasteiger partial charge is 0.486 e. The molecule has 1 aromatic heterocycles. The second-order valence-corrected chi connectivity index (χ2v) is 6.60. The third kappa shape index (κ3) is 4.50. The van der Waals surface area contributed by atoms with Gasteiger partial charge in [-0.25, -0.2) is 0 Å². The molecule has 0 aliphatic rings. The molecular formula is C20H17ClN2O5. The summed E-state index contributed by atoms with van der Waals surface area (Å²) in [7, 11) is 0. The number of halogens is 1. The van der Waals surface area contributed by atoms with E-state index < -0.39 is 10.8 Å². The Balaban J connectivity index is 1.67. The van der Waals surface area contributed by atoms with Crippen LogP contribution in [0, 0.1) is 24.0 Å². The number of aryl methyl sites for hydroxylation is 2. The number of rotatable bonds is 6. The molecule has 0 bridgehead atoms. The van der Waals surface area contributed by atoms with E-state index >= 15 is 0 Å². The van der Waals surface area contributed by atoms with E-state index in [1.54, 1.807) is 37.3 Å². The lowest BCUT2D eigenvalue weighted by molar-refractivity contribution is -0.384. The number of carbonyl (C=O) groups excluding carboxylic acids is 1. The fourth-order valence-electron chi connectivity index (χ4n) is 2.52. The van der Waals surface area contributed by atoms with E-state index in [9.17, 15) is 14.9 Å². The smallest absolute Gasteiger partial charge is 0.293 e. The Bertz CT molecular complexity index is 1040. The van der Waals surface area contributed by atoms with Crippen LogP contribution in [0.4, 0.5) is 11.4 Å². The highest BCUT2D eigenvalue weighted by Crippen LogP contribution is 2.26. The Morgan fingerprint density at radius 3 is 2.68 bits per heavy atom. The van der Waals surface area contributed by atoms with Crippen LogP contribution in [0.3, 0.4) is 0 Å². The summed E-state index contributed by atoms with van der Waals surface area (Å²) in [6, 6.07) is 12.9. The second-order valence-electron chi connectivity index (χ2n) is 6.20. The molecule has 0 spiro atoms. The van der Waals surface area contributed by atoms with Gasteiger partial charge in [0.05, 0.1) is 4.92 Å². The van der Waals surface area contributed by atoms with Crippen molar-refractivity contribution >= 4 is 28.9 Å². The van der Waals surface area contributed by atoms with Crippen molar-refractivity contribution in [3.05, 3.63) is 86.3 Å². The number of benzene rings is 2. The molecule has 1 heterocycles. The first-order valence-electron chi connectivity index (χ1n) is 8.37. The number of hydrogen-bond acceptors (Lipinski definition) is 5. The molecule has 1 amide bonds. The zero-order chi connectivity index (χ0) is 20.3. The minimum absolute atomic E-state index is 0.0285. The summed E-state index contributed by atoms with van der Waals surface area (Å²) in [4.78, 5) is 23.0. The first-order valence-corrected chi connectivity index (χ1v) is 8.75. The van der Waals surface area contributed by atoms with Crippen LogP contribution in [-0.4, -0.2) is 10.8 Å². The molecule has 0 atom stereocenters. The third-order valence-electron chi connectivity index (χ3n) is 3.99. The van der Waals surface area contributed by atoms with Gasteiger partial charge in [0, 0.05) is 11.1 Å². The third-order valence-corrected chi connectivity index (χ3v) is 4.42. The van der Waals surface area contributed by atoms with Crippen molar-refractivity contribution in [2.24, 2.45) is 0 Å². The van der Waals surface area contributed by atoms with Crippen molar-refractivity contribution < 1.29 is 18.9 Å². The average Bonchev–Trinajstić information content (AvgIpc) is 3.13. The van der Waals surface area contributed by atoms with Gasteiger partial charge in [-0.15, -0.1) is 0 Å². The van der Waals surface area contributed by atoms with Crippen molar-refractivity contribution in [1.29, 1.82) is 0 Å². The summed E-state index contributed by atoms with van der Waals surface area (Å²) >= 11 is 5.98. The Labute approximate surface area is 166 Å². The molecule has 0 radical (unpaired) electrons. The summed E-state index contributed by atoms with van der Waals surface area (Å²) in [6.07, 6.45) is 0. The lowest BCUT2D eigenvalue weighted by Crippen LogP contribution is -2.12. The lowest BCUT2D eigenvalue weighted by atomic mass is 10.2. The molecule has 0 aliphatic carbocycles. The standard InChI is InChI=1S/C20H17ClN2O5/c1-12-3-7-17(18(9-12)23(25)26)22-20(24)19-8-5-15(28-19)11-27-14-4-6-16(21)13(2)10-14/h3-10H,11H2,1-2H3,(H,22,24). The van der Waals surface area contributed by atoms with Crippen molar-refractivity contribution in [1.82, 2.24) is 0 Å². The molecule has 28 heavy (non-hydrogen) atoms. The maximum Gasteiger partial charge on any atom is 0.293 e. The topological polar surface area (TPSA) is 94.6 Å². The molecule has 3 rings (SSSR count). The number of nitro benzene ring substituents is 1. The normalized spacial score (nSPS) is 10.5. The van der Waals surface area contributed by atoms with Gasteiger partial charge < -0.3 is 14.5 Å². The molecule has 0 saturated heterocycles. The van der Waals surface area contributed by atoms with E-state index in [-0.39, 0.29) is 23.7 Å². The molecule has 0 saturated carbocycles. The first-order chi connectivity index (χ1) is 13.3. The molecule has 0 fully saturated rings. The minimum Gasteiger partial charge on any atom is -0.486 e. The molecule has 2 aromatic carbocycles. The van der Waals surface area contributed by atoms with Gasteiger partial charge in [-0.1, -0.05) is 17.7 Å². The van der Waals surface area contributed by atoms with Crippen molar-refractivity contribution in [3.63, 3.8) is 0 Å². The van der Waals surface area contributed by atoms with E-state index in [4.69, 9.17) is 20.8 Å². The predicted molar refractivity (Wildman–Crippen MR) is 105 cm³/mol. The van der Waals surface area contributed by atoms with E-state index in [0.717, 1.165) is 11.1 Å². The van der Waals surface area contributed by atoms with Crippen LogP contribution >= 0.6 is 11.6 Å². The number of nitro groups is 1. The van der Waals surface area contributed by atoms with E-state index in [1.807, 2.05) is 6.92 Å². The van der Waals surface area contributed by atoms with Crippen LogP contribution in [0.15, 0.2) is 52.9 Å². The number of nitrogens with one attached hydrogen (secondary N) is 1. The number of anilines is 1. The lowest BCUT2D eigenvalue weighted by Gasteiger charge is -2.06. The van der Waals surface area contributed by atoms with E-state index in [1.165, 1.54) is 18.2 Å². The van der Waals surface area contributed by atoms with Crippen LogP contribution in [0.5, 0.6) is 5.75 Å². The van der Waals surface area contributed by atoms with Gasteiger partial charge in [-0.2, -0.15) is 0 Å². The average molecular weight is 401 g/mol. The fourth-order valence-corrected chi connectivity index (χ4v) is 2.64. The van der Waals surface area contributed by atoms with Gasteiger partial charge in [0.1, 0.15) is 23.8 Å². The molecule has 3 aromatic rings. The van der Waals surface area contributed by atoms with Gasteiger partial charge in [-0.3, -0.25) is 14.9 Å². The maximum atomic E-state index is 12.4. The van der Waals surface area contributed by atoms with E-state index in [0.29, 0.717) is 16.5 Å². The summed E-state index contributed by atoms with van der Waals surface area (Å²) in [6.45, 7) is 3.73. The second kappa shape index (κ2) is 8.14. The predicted octanol–water partition coefficient (Wildman–Crippen LogP) is 5.29. The zero-order valence-electron chi connectivity index (χ0n) is 15.2. The maximum absolute atomic E-state index is 12.4. The Morgan fingerprint density at radius 1 is 1.18 bits per heavy atom. The summed E-state index contributed by atoms with van der Waals surface area (Å²) in [5.41, 5.74) is 1.53. The molecule has 0 aliphatic heterocycles. The number of nitrogens with zero attached hydrogens (tertiary/aromatic N) is 1. The fraction of sp³-hybridized carbons (Fsp3) is 0.150. The molecule has 7 nitrogen and oxygen atoms in total. The highest BCUT2D eigenvalue weighted by molar-refractivity contribution is 6.31. The van der Waals surface area contributed by atoms with Gasteiger partial charge in [-0.05, 0) is 61.4 Å². The van der Waals surface area contributed by atoms with Crippen LogP contribution < -0.4 is 10.1 Å². The Kier molecular flexibility index (Phi) is 5.65. The van der Waals surface area contributed by atoms with E-state index in [2.05, 4.69) is 5.32 Å². The first kappa shape index (κ1) is 19.4. The molecular weight excluding hydrogens is 384 g/mol. The molecule has 144 valence electrons. The van der Waals surface area contributed by atoms with Gasteiger partial charge >= 0.3 is 0 Å².